The molecule has 1 atom stereocenters. The molecule has 0 saturated carbocycles. The van der Waals surface area contributed by atoms with E-state index >= 15 is 0 Å². The van der Waals surface area contributed by atoms with E-state index in [9.17, 15) is 22.8 Å². The summed E-state index contributed by atoms with van der Waals surface area (Å²) in [5, 5.41) is 9.82. The second-order valence-electron chi connectivity index (χ2n) is 7.75. The zero-order chi connectivity index (χ0) is 28.3. The van der Waals surface area contributed by atoms with Gasteiger partial charge in [0.2, 0.25) is 5.76 Å². The highest BCUT2D eigenvalue weighted by Crippen LogP contribution is 2.24. The van der Waals surface area contributed by atoms with Gasteiger partial charge in [0.15, 0.2) is 11.9 Å². The lowest BCUT2D eigenvalue weighted by Gasteiger charge is -2.13. The Morgan fingerprint density at radius 1 is 0.974 bits per heavy atom. The molecular formula is C26H25N3O8S. The lowest BCUT2D eigenvalue weighted by molar-refractivity contribution is -0.137. The van der Waals surface area contributed by atoms with E-state index in [2.05, 4.69) is 5.32 Å². The van der Waals surface area contributed by atoms with Crippen molar-refractivity contribution in [2.45, 2.75) is 12.8 Å². The zero-order valence-electron chi connectivity index (χ0n) is 20.4. The SMILES string of the molecule is CS(=O)(=O)O.C[C@H](C(=O)OC(=C=O)c1ccccc1)c1ccc(OC(=O)c2ccc(NC(=N)N)cc2)cc1. The Morgan fingerprint density at radius 3 is 2.03 bits per heavy atom. The van der Waals surface area contributed by atoms with Crippen LogP contribution in [0.15, 0.2) is 78.9 Å². The first kappa shape index (κ1) is 29.5. The van der Waals surface area contributed by atoms with Crippen LogP contribution in [-0.4, -0.2) is 43.1 Å². The maximum absolute atomic E-state index is 12.5. The maximum Gasteiger partial charge on any atom is 0.343 e. The first-order chi connectivity index (χ1) is 17.9. The van der Waals surface area contributed by atoms with Crippen LogP contribution in [0.5, 0.6) is 5.75 Å². The normalized spacial score (nSPS) is 11.0. The van der Waals surface area contributed by atoms with Crippen LogP contribution >= 0.6 is 0 Å². The van der Waals surface area contributed by atoms with E-state index in [1.165, 1.54) is 0 Å². The molecular weight excluding hydrogens is 514 g/mol. The number of hydrogen-bond acceptors (Lipinski definition) is 8. The van der Waals surface area contributed by atoms with Crippen LogP contribution in [0.3, 0.4) is 0 Å². The summed E-state index contributed by atoms with van der Waals surface area (Å²) in [6.07, 6.45) is 0.715. The van der Waals surface area contributed by atoms with Gasteiger partial charge < -0.3 is 20.5 Å². The van der Waals surface area contributed by atoms with Crippen LogP contribution in [0.4, 0.5) is 5.69 Å². The van der Waals surface area contributed by atoms with Gasteiger partial charge in [0.05, 0.1) is 17.7 Å². The third-order valence-corrected chi connectivity index (χ3v) is 4.68. The Labute approximate surface area is 219 Å². The van der Waals surface area contributed by atoms with Crippen molar-refractivity contribution in [1.82, 2.24) is 0 Å². The molecule has 0 aliphatic rings. The predicted molar refractivity (Wildman–Crippen MR) is 141 cm³/mol. The standard InChI is InChI=1S/C25H21N3O5.CH4O3S/c1-16(23(30)33-22(15-29)18-5-3-2-4-6-18)17-9-13-21(14-10-17)32-24(31)19-7-11-20(12-8-19)28-25(26)27;1-5(2,3)4/h2-14,16H,1H3,(H4,26,27,28);1H3,(H,2,3,4)/t16-;/m0./s1. The van der Waals surface area contributed by atoms with Gasteiger partial charge in [-0.3, -0.25) is 14.8 Å². The third kappa shape index (κ3) is 10.1. The van der Waals surface area contributed by atoms with Crippen LogP contribution in [-0.2, 0) is 24.4 Å². The Balaban J connectivity index is 0.000000926. The number of rotatable bonds is 7. The van der Waals surface area contributed by atoms with Gasteiger partial charge in [-0.15, -0.1) is 0 Å². The summed E-state index contributed by atoms with van der Waals surface area (Å²) in [5.41, 5.74) is 7.24. The summed E-state index contributed by atoms with van der Waals surface area (Å²) in [4.78, 5) is 36.1. The van der Waals surface area contributed by atoms with Crippen molar-refractivity contribution in [1.29, 1.82) is 5.41 Å². The smallest absolute Gasteiger partial charge is 0.343 e. The van der Waals surface area contributed by atoms with E-state index in [-0.39, 0.29) is 11.7 Å². The Bertz CT molecular complexity index is 1420. The molecule has 0 aliphatic heterocycles. The number of carbonyl (C=O) groups is 2. The average molecular weight is 540 g/mol. The van der Waals surface area contributed by atoms with E-state index in [0.717, 1.165) is 0 Å². The highest BCUT2D eigenvalue weighted by molar-refractivity contribution is 7.85. The lowest BCUT2D eigenvalue weighted by Crippen LogP contribution is -2.20. The minimum absolute atomic E-state index is 0.178. The third-order valence-electron chi connectivity index (χ3n) is 4.68. The minimum atomic E-state index is -3.67. The number of ether oxygens (including phenoxy) is 2. The predicted octanol–water partition coefficient (Wildman–Crippen LogP) is 3.23. The number of esters is 2. The zero-order valence-corrected chi connectivity index (χ0v) is 21.2. The van der Waals surface area contributed by atoms with Gasteiger partial charge in [0.25, 0.3) is 10.1 Å². The average Bonchev–Trinajstić information content (AvgIpc) is 2.86. The Kier molecular flexibility index (Phi) is 10.5. The van der Waals surface area contributed by atoms with Crippen molar-refractivity contribution in [3.8, 4) is 5.75 Å². The minimum Gasteiger partial charge on any atom is -0.423 e. The molecule has 11 nitrogen and oxygen atoms in total. The molecule has 0 heterocycles. The molecule has 3 aromatic carbocycles. The summed E-state index contributed by atoms with van der Waals surface area (Å²) < 4.78 is 36.5. The molecule has 12 heteroatoms. The van der Waals surface area contributed by atoms with E-state index in [1.807, 2.05) is 0 Å². The van der Waals surface area contributed by atoms with E-state index < -0.39 is 28.0 Å². The van der Waals surface area contributed by atoms with Gasteiger partial charge >= 0.3 is 11.9 Å². The molecule has 0 bridgehead atoms. The highest BCUT2D eigenvalue weighted by atomic mass is 32.2. The maximum atomic E-state index is 12.5. The topological polar surface area (TPSA) is 186 Å². The van der Waals surface area contributed by atoms with Crippen molar-refractivity contribution in [3.63, 3.8) is 0 Å². The largest absolute Gasteiger partial charge is 0.423 e. The van der Waals surface area contributed by atoms with Gasteiger partial charge in [-0.25, -0.2) is 9.59 Å². The molecule has 3 aromatic rings. The molecule has 0 amide bonds. The van der Waals surface area contributed by atoms with Gasteiger partial charge in [-0.1, -0.05) is 42.5 Å². The molecule has 38 heavy (non-hydrogen) atoms. The summed E-state index contributed by atoms with van der Waals surface area (Å²) in [7, 11) is -3.67. The van der Waals surface area contributed by atoms with Crippen molar-refractivity contribution in [3.05, 3.63) is 95.6 Å². The fraction of sp³-hybridized carbons (Fsp3) is 0.115. The summed E-state index contributed by atoms with van der Waals surface area (Å²) in [5.74, 6) is -0.261. The van der Waals surface area contributed by atoms with E-state index in [0.29, 0.717) is 34.4 Å². The van der Waals surface area contributed by atoms with Gasteiger partial charge in [-0.05, 0) is 48.9 Å². The van der Waals surface area contributed by atoms with Crippen LogP contribution in [0.2, 0.25) is 0 Å². The van der Waals surface area contributed by atoms with Crippen molar-refractivity contribution in [2.24, 2.45) is 5.73 Å². The van der Waals surface area contributed by atoms with E-state index in [1.54, 1.807) is 91.7 Å². The molecule has 0 aliphatic carbocycles. The van der Waals surface area contributed by atoms with Crippen LogP contribution in [0, 0.1) is 5.41 Å². The summed E-state index contributed by atoms with van der Waals surface area (Å²) >= 11 is 0. The lowest BCUT2D eigenvalue weighted by atomic mass is 10.0. The monoisotopic (exact) mass is 539 g/mol. The van der Waals surface area contributed by atoms with Crippen LogP contribution in [0.1, 0.15) is 34.3 Å². The molecule has 0 fully saturated rings. The number of nitrogens with two attached hydrogens (primary N) is 1. The molecule has 0 radical (unpaired) electrons. The Morgan fingerprint density at radius 2 is 1.53 bits per heavy atom. The first-order valence-electron chi connectivity index (χ1n) is 10.8. The fourth-order valence-corrected chi connectivity index (χ4v) is 2.89. The van der Waals surface area contributed by atoms with Gasteiger partial charge in [0.1, 0.15) is 5.75 Å². The highest BCUT2D eigenvalue weighted by Gasteiger charge is 2.20. The van der Waals surface area contributed by atoms with Crippen molar-refractivity contribution in [2.75, 3.05) is 11.6 Å². The number of anilines is 1. The van der Waals surface area contributed by atoms with Crippen LogP contribution in [0.25, 0.3) is 5.76 Å². The molecule has 198 valence electrons. The second kappa shape index (κ2) is 13.5. The van der Waals surface area contributed by atoms with Crippen LogP contribution < -0.4 is 15.8 Å². The first-order valence-corrected chi connectivity index (χ1v) is 12.7. The van der Waals surface area contributed by atoms with Gasteiger partial charge in [0, 0.05) is 11.3 Å². The molecule has 0 saturated heterocycles. The number of carbonyl (C=O) groups excluding carboxylic acids is 3. The quantitative estimate of drug-likeness (QED) is 0.0660. The Hall–Kier alpha value is -4.77. The number of guanidine groups is 1. The van der Waals surface area contributed by atoms with Crippen molar-refractivity contribution >= 4 is 45.4 Å². The summed E-state index contributed by atoms with van der Waals surface area (Å²) in [6.45, 7) is 1.65. The molecule has 0 spiro atoms. The number of benzene rings is 3. The molecule has 3 rings (SSSR count). The summed E-state index contributed by atoms with van der Waals surface area (Å²) in [6, 6.07) is 21.2. The second-order valence-corrected chi connectivity index (χ2v) is 9.21. The number of nitrogens with one attached hydrogen (secondary N) is 2. The fourth-order valence-electron chi connectivity index (χ4n) is 2.89. The van der Waals surface area contributed by atoms with E-state index in [4.69, 9.17) is 25.2 Å². The number of hydrogen-bond donors (Lipinski definition) is 4. The van der Waals surface area contributed by atoms with Gasteiger partial charge in [-0.2, -0.15) is 8.42 Å². The molecule has 0 unspecified atom stereocenters. The molecule has 0 aromatic heterocycles. The van der Waals surface area contributed by atoms with Crippen molar-refractivity contribution < 1.29 is 36.8 Å². The molecule has 5 N–H and O–H groups in total.